The van der Waals surface area contributed by atoms with E-state index < -0.39 is 0 Å². The van der Waals surface area contributed by atoms with Crippen molar-refractivity contribution in [1.29, 1.82) is 0 Å². The fraction of sp³-hybridized carbons (Fsp3) is 0.650. The number of amides is 1. The fourth-order valence-electron chi connectivity index (χ4n) is 3.98. The van der Waals surface area contributed by atoms with E-state index in [0.717, 1.165) is 58.5 Å². The second-order valence-corrected chi connectivity index (χ2v) is 7.70. The third-order valence-corrected chi connectivity index (χ3v) is 5.66. The van der Waals surface area contributed by atoms with Gasteiger partial charge in [0.15, 0.2) is 0 Å². The van der Waals surface area contributed by atoms with Gasteiger partial charge in [-0.25, -0.2) is 0 Å². The summed E-state index contributed by atoms with van der Waals surface area (Å²) in [6.07, 6.45) is 3.02. The summed E-state index contributed by atoms with van der Waals surface area (Å²) >= 11 is 0. The Labute approximate surface area is 151 Å². The molecule has 0 aromatic heterocycles. The molecule has 0 bridgehead atoms. The van der Waals surface area contributed by atoms with Crippen LogP contribution in [0.4, 0.5) is 0 Å². The summed E-state index contributed by atoms with van der Waals surface area (Å²) in [5, 5.41) is 6.46. The number of carbonyl (C=O) groups is 1. The Balaban J connectivity index is 1.48. The van der Waals surface area contributed by atoms with Gasteiger partial charge in [-0.1, -0.05) is 30.3 Å². The van der Waals surface area contributed by atoms with Crippen molar-refractivity contribution in [3.63, 3.8) is 0 Å². The summed E-state index contributed by atoms with van der Waals surface area (Å²) in [5.74, 6) is 0.156. The fourth-order valence-corrected chi connectivity index (χ4v) is 3.98. The molecule has 0 spiro atoms. The molecule has 0 unspecified atom stereocenters. The molecular weight excluding hydrogens is 312 g/mol. The summed E-state index contributed by atoms with van der Waals surface area (Å²) in [6.45, 7) is 8.01. The molecule has 25 heavy (non-hydrogen) atoms. The Hall–Kier alpha value is -1.43. The van der Waals surface area contributed by atoms with Gasteiger partial charge in [-0.15, -0.1) is 0 Å². The van der Waals surface area contributed by atoms with E-state index in [2.05, 4.69) is 57.8 Å². The van der Waals surface area contributed by atoms with Gasteiger partial charge >= 0.3 is 0 Å². The molecule has 5 nitrogen and oxygen atoms in total. The predicted octanol–water partition coefficient (Wildman–Crippen LogP) is 1.62. The first kappa shape index (κ1) is 18.4. The minimum Gasteiger partial charge on any atom is -0.354 e. The van der Waals surface area contributed by atoms with E-state index in [0.29, 0.717) is 6.04 Å². The van der Waals surface area contributed by atoms with E-state index >= 15 is 0 Å². The van der Waals surface area contributed by atoms with Gasteiger partial charge in [0, 0.05) is 38.8 Å². The lowest BCUT2D eigenvalue weighted by molar-refractivity contribution is -0.126. The molecule has 3 rings (SSSR count). The van der Waals surface area contributed by atoms with Gasteiger partial charge in [0.2, 0.25) is 5.91 Å². The molecular formula is C20H32N4O. The minimum atomic E-state index is -0.361. The molecule has 0 saturated carbocycles. The molecule has 1 amide bonds. The van der Waals surface area contributed by atoms with E-state index in [1.165, 1.54) is 5.56 Å². The third kappa shape index (κ3) is 4.60. The molecule has 2 saturated heterocycles. The lowest BCUT2D eigenvalue weighted by atomic mass is 9.99. The van der Waals surface area contributed by atoms with Crippen molar-refractivity contribution in [3.05, 3.63) is 35.9 Å². The van der Waals surface area contributed by atoms with E-state index in [-0.39, 0.29) is 11.4 Å². The molecule has 2 heterocycles. The van der Waals surface area contributed by atoms with Crippen LogP contribution in [0, 0.1) is 0 Å². The standard InChI is InChI=1S/C20H32N4O/c1-20(10-6-12-22-20)19(25)21-11-7-13-24-15-14-23(2)16-18(24)17-8-4-3-5-9-17/h3-5,8-9,18,22H,6-7,10-16H2,1-2H3,(H,21,25)/t18-,20+/m0/s1. The van der Waals surface area contributed by atoms with E-state index in [1.54, 1.807) is 0 Å². The molecule has 1 aromatic carbocycles. The van der Waals surface area contributed by atoms with Crippen LogP contribution in [0.25, 0.3) is 0 Å². The monoisotopic (exact) mass is 344 g/mol. The van der Waals surface area contributed by atoms with Gasteiger partial charge in [-0.3, -0.25) is 9.69 Å². The average Bonchev–Trinajstić information content (AvgIpc) is 3.08. The van der Waals surface area contributed by atoms with Gasteiger partial charge in [0.05, 0.1) is 5.54 Å². The van der Waals surface area contributed by atoms with Crippen molar-refractivity contribution in [1.82, 2.24) is 20.4 Å². The van der Waals surface area contributed by atoms with Crippen LogP contribution >= 0.6 is 0 Å². The number of hydrogen-bond donors (Lipinski definition) is 2. The molecule has 138 valence electrons. The highest BCUT2D eigenvalue weighted by molar-refractivity contribution is 5.86. The maximum atomic E-state index is 12.4. The SMILES string of the molecule is CN1CCN(CCCNC(=O)[C@@]2(C)CCCN2)[C@H](c2ccccc2)C1. The molecule has 2 atom stereocenters. The maximum Gasteiger partial charge on any atom is 0.240 e. The summed E-state index contributed by atoms with van der Waals surface area (Å²) in [6, 6.07) is 11.2. The summed E-state index contributed by atoms with van der Waals surface area (Å²) in [4.78, 5) is 17.3. The molecule has 2 fully saturated rings. The third-order valence-electron chi connectivity index (χ3n) is 5.66. The van der Waals surface area contributed by atoms with Crippen LogP contribution in [0.2, 0.25) is 0 Å². The van der Waals surface area contributed by atoms with Crippen molar-refractivity contribution in [2.75, 3.05) is 46.3 Å². The maximum absolute atomic E-state index is 12.4. The zero-order valence-corrected chi connectivity index (χ0v) is 15.6. The van der Waals surface area contributed by atoms with Gasteiger partial charge < -0.3 is 15.5 Å². The van der Waals surface area contributed by atoms with E-state index in [1.807, 2.05) is 6.92 Å². The van der Waals surface area contributed by atoms with Crippen molar-refractivity contribution in [3.8, 4) is 0 Å². The zero-order valence-electron chi connectivity index (χ0n) is 15.6. The Bertz CT molecular complexity index is 556. The number of nitrogens with zero attached hydrogens (tertiary/aromatic N) is 2. The van der Waals surface area contributed by atoms with Crippen molar-refractivity contribution >= 4 is 5.91 Å². The Morgan fingerprint density at radius 1 is 1.32 bits per heavy atom. The Morgan fingerprint density at radius 2 is 2.12 bits per heavy atom. The highest BCUT2D eigenvalue weighted by atomic mass is 16.2. The van der Waals surface area contributed by atoms with E-state index in [9.17, 15) is 4.79 Å². The van der Waals surface area contributed by atoms with E-state index in [4.69, 9.17) is 0 Å². The highest BCUT2D eigenvalue weighted by Gasteiger charge is 2.35. The second-order valence-electron chi connectivity index (χ2n) is 7.70. The first-order valence-electron chi connectivity index (χ1n) is 9.59. The van der Waals surface area contributed by atoms with Crippen molar-refractivity contribution in [2.45, 2.75) is 37.8 Å². The average molecular weight is 345 g/mol. The first-order valence-corrected chi connectivity index (χ1v) is 9.59. The smallest absolute Gasteiger partial charge is 0.240 e. The van der Waals surface area contributed by atoms with Crippen LogP contribution in [-0.2, 0) is 4.79 Å². The molecule has 2 aliphatic rings. The van der Waals surface area contributed by atoms with Crippen LogP contribution in [0.3, 0.4) is 0 Å². The lowest BCUT2D eigenvalue weighted by Crippen LogP contribution is -2.51. The summed E-state index contributed by atoms with van der Waals surface area (Å²) in [7, 11) is 2.20. The minimum absolute atomic E-state index is 0.156. The molecule has 5 heteroatoms. The number of rotatable bonds is 6. The van der Waals surface area contributed by atoms with Gasteiger partial charge in [0.25, 0.3) is 0 Å². The molecule has 2 N–H and O–H groups in total. The Kier molecular flexibility index (Phi) is 6.10. The number of carbonyl (C=O) groups excluding carboxylic acids is 1. The lowest BCUT2D eigenvalue weighted by Gasteiger charge is -2.40. The van der Waals surface area contributed by atoms with Gasteiger partial charge in [-0.05, 0) is 45.3 Å². The predicted molar refractivity (Wildman–Crippen MR) is 102 cm³/mol. The van der Waals surface area contributed by atoms with Crippen LogP contribution in [0.1, 0.15) is 37.8 Å². The van der Waals surface area contributed by atoms with Crippen LogP contribution in [0.5, 0.6) is 0 Å². The van der Waals surface area contributed by atoms with Crippen LogP contribution in [0.15, 0.2) is 30.3 Å². The number of hydrogen-bond acceptors (Lipinski definition) is 4. The van der Waals surface area contributed by atoms with Crippen molar-refractivity contribution in [2.24, 2.45) is 0 Å². The molecule has 0 radical (unpaired) electrons. The molecule has 0 aliphatic carbocycles. The number of benzene rings is 1. The molecule has 2 aliphatic heterocycles. The van der Waals surface area contributed by atoms with Crippen molar-refractivity contribution < 1.29 is 4.79 Å². The molecule has 1 aromatic rings. The van der Waals surface area contributed by atoms with Crippen LogP contribution in [-0.4, -0.2) is 67.6 Å². The highest BCUT2D eigenvalue weighted by Crippen LogP contribution is 2.24. The Morgan fingerprint density at radius 3 is 2.84 bits per heavy atom. The summed E-state index contributed by atoms with van der Waals surface area (Å²) in [5.41, 5.74) is 1.03. The number of likely N-dealkylation sites (N-methyl/N-ethyl adjacent to an activating group) is 1. The first-order chi connectivity index (χ1) is 12.1. The van der Waals surface area contributed by atoms with Crippen LogP contribution < -0.4 is 10.6 Å². The van der Waals surface area contributed by atoms with Gasteiger partial charge in [0.1, 0.15) is 0 Å². The normalized spacial score (nSPS) is 28.2. The summed E-state index contributed by atoms with van der Waals surface area (Å²) < 4.78 is 0. The number of piperazine rings is 1. The zero-order chi connectivity index (χ0) is 17.7. The largest absolute Gasteiger partial charge is 0.354 e. The van der Waals surface area contributed by atoms with Gasteiger partial charge in [-0.2, -0.15) is 0 Å². The quantitative estimate of drug-likeness (QED) is 0.770. The second kappa shape index (κ2) is 8.30. The topological polar surface area (TPSA) is 47.6 Å². The number of nitrogens with one attached hydrogen (secondary N) is 2.